The van der Waals surface area contributed by atoms with Crippen molar-refractivity contribution in [3.63, 3.8) is 0 Å². The lowest BCUT2D eigenvalue weighted by Gasteiger charge is -2.22. The van der Waals surface area contributed by atoms with Gasteiger partial charge in [-0.2, -0.15) is 0 Å². The average Bonchev–Trinajstić information content (AvgIpc) is 2.75. The van der Waals surface area contributed by atoms with Crippen molar-refractivity contribution in [3.8, 4) is 5.75 Å². The van der Waals surface area contributed by atoms with Crippen LogP contribution in [0.4, 0.5) is 5.69 Å². The highest BCUT2D eigenvalue weighted by Crippen LogP contribution is 2.35. The Bertz CT molecular complexity index is 1410. The van der Waals surface area contributed by atoms with Gasteiger partial charge >= 0.3 is 5.97 Å². The molecule has 1 amide bonds. The van der Waals surface area contributed by atoms with E-state index in [1.807, 2.05) is 0 Å². The summed E-state index contributed by atoms with van der Waals surface area (Å²) in [6.07, 6.45) is 0. The minimum atomic E-state index is -4.35. The zero-order valence-electron chi connectivity index (χ0n) is 18.0. The number of sulfonamides is 1. The second kappa shape index (κ2) is 9.16. The number of sulfone groups is 1. The number of carbonyl (C=O) groups excluding carboxylic acids is 2. The van der Waals surface area contributed by atoms with Crippen LogP contribution in [0.15, 0.2) is 87.5 Å². The molecule has 0 aliphatic carbocycles. The summed E-state index contributed by atoms with van der Waals surface area (Å²) in [6, 6.07) is 16.6. The van der Waals surface area contributed by atoms with Gasteiger partial charge in [0.05, 0.1) is 15.5 Å². The van der Waals surface area contributed by atoms with E-state index in [0.29, 0.717) is 4.31 Å². The molecule has 0 aliphatic heterocycles. The summed E-state index contributed by atoms with van der Waals surface area (Å²) in [4.78, 5) is 23.3. The van der Waals surface area contributed by atoms with Gasteiger partial charge < -0.3 is 4.74 Å². The van der Waals surface area contributed by atoms with E-state index in [-0.39, 0.29) is 21.2 Å². The number of anilines is 1. The Morgan fingerprint density at radius 1 is 0.788 bits per heavy atom. The molecule has 3 rings (SSSR count). The lowest BCUT2D eigenvalue weighted by molar-refractivity contribution is -0.132. The molecule has 0 unspecified atom stereocenters. The van der Waals surface area contributed by atoms with Crippen molar-refractivity contribution in [2.45, 2.75) is 35.5 Å². The Kier molecular flexibility index (Phi) is 6.71. The fourth-order valence-electron chi connectivity index (χ4n) is 3.10. The first-order valence-electron chi connectivity index (χ1n) is 9.70. The third-order valence-corrected chi connectivity index (χ3v) is 8.21. The highest BCUT2D eigenvalue weighted by molar-refractivity contribution is 7.93. The van der Waals surface area contributed by atoms with E-state index in [4.69, 9.17) is 4.74 Å². The summed E-state index contributed by atoms with van der Waals surface area (Å²) in [5.41, 5.74) is 0.610. The topological polar surface area (TPSA) is 115 Å². The Morgan fingerprint density at radius 2 is 1.39 bits per heavy atom. The van der Waals surface area contributed by atoms with Crippen molar-refractivity contribution in [1.29, 1.82) is 0 Å². The first-order chi connectivity index (χ1) is 15.4. The smallest absolute Gasteiger partial charge is 0.308 e. The second-order valence-corrected chi connectivity index (χ2v) is 10.8. The van der Waals surface area contributed by atoms with Gasteiger partial charge in [-0.3, -0.25) is 9.59 Å². The second-order valence-electron chi connectivity index (χ2n) is 7.14. The van der Waals surface area contributed by atoms with Gasteiger partial charge in [-0.05, 0) is 49.4 Å². The van der Waals surface area contributed by atoms with E-state index in [0.717, 1.165) is 31.5 Å². The quantitative estimate of drug-likeness (QED) is 0.386. The number of ether oxygens (including phenoxy) is 1. The van der Waals surface area contributed by atoms with E-state index in [1.165, 1.54) is 42.5 Å². The molecule has 33 heavy (non-hydrogen) atoms. The third kappa shape index (κ3) is 4.96. The molecular formula is C23H21NO7S2. The Morgan fingerprint density at radius 3 is 1.94 bits per heavy atom. The molecule has 8 nitrogen and oxygen atoms in total. The summed E-state index contributed by atoms with van der Waals surface area (Å²) >= 11 is 0. The van der Waals surface area contributed by atoms with Gasteiger partial charge in [0.15, 0.2) is 0 Å². The zero-order chi connectivity index (χ0) is 24.4. The minimum absolute atomic E-state index is 0.0914. The fourth-order valence-corrected chi connectivity index (χ4v) is 5.94. The van der Waals surface area contributed by atoms with Gasteiger partial charge in [0.1, 0.15) is 10.6 Å². The maximum Gasteiger partial charge on any atom is 0.308 e. The van der Waals surface area contributed by atoms with Crippen LogP contribution in [0.3, 0.4) is 0 Å². The Balaban J connectivity index is 2.24. The highest BCUT2D eigenvalue weighted by atomic mass is 32.2. The predicted octanol–water partition coefficient (Wildman–Crippen LogP) is 3.49. The van der Waals surface area contributed by atoms with Gasteiger partial charge in [0.2, 0.25) is 15.7 Å². The van der Waals surface area contributed by atoms with E-state index in [1.54, 1.807) is 25.1 Å². The van der Waals surface area contributed by atoms with Crippen molar-refractivity contribution < 1.29 is 31.2 Å². The van der Waals surface area contributed by atoms with Gasteiger partial charge in [-0.15, -0.1) is 0 Å². The molecule has 0 saturated heterocycles. The number of rotatable bonds is 6. The number of hydrogen-bond acceptors (Lipinski definition) is 7. The van der Waals surface area contributed by atoms with Crippen molar-refractivity contribution >= 4 is 37.4 Å². The van der Waals surface area contributed by atoms with Gasteiger partial charge in [0, 0.05) is 13.8 Å². The maximum atomic E-state index is 13.3. The number of carbonyl (C=O) groups is 2. The molecule has 10 heteroatoms. The molecule has 0 radical (unpaired) electrons. The standard InChI is InChI=1S/C23H21NO7S2/c1-16-9-12-21(13-10-16)33(29,30)24(17(2)25)19-11-14-22(31-18(3)26)23(15-19)32(27,28)20-7-5-4-6-8-20/h4-15H,1-3H3. The first kappa shape index (κ1) is 24.1. The third-order valence-electron chi connectivity index (χ3n) is 4.60. The van der Waals surface area contributed by atoms with Crippen LogP contribution in [0.5, 0.6) is 5.75 Å². The van der Waals surface area contributed by atoms with Crippen LogP contribution in [-0.4, -0.2) is 28.7 Å². The predicted molar refractivity (Wildman–Crippen MR) is 121 cm³/mol. The lowest BCUT2D eigenvalue weighted by Crippen LogP contribution is -2.35. The Hall–Kier alpha value is -3.50. The fraction of sp³-hybridized carbons (Fsp3) is 0.130. The van der Waals surface area contributed by atoms with E-state index < -0.39 is 36.6 Å². The molecule has 0 aromatic heterocycles. The molecule has 0 aliphatic rings. The molecule has 3 aromatic carbocycles. The highest BCUT2D eigenvalue weighted by Gasteiger charge is 2.31. The van der Waals surface area contributed by atoms with Crippen LogP contribution >= 0.6 is 0 Å². The van der Waals surface area contributed by atoms with E-state index in [2.05, 4.69) is 0 Å². The van der Waals surface area contributed by atoms with Crippen LogP contribution in [0.25, 0.3) is 0 Å². The number of hydrogen-bond donors (Lipinski definition) is 0. The van der Waals surface area contributed by atoms with Crippen LogP contribution in [-0.2, 0) is 29.4 Å². The molecule has 0 saturated carbocycles. The molecule has 0 spiro atoms. The molecule has 0 heterocycles. The molecule has 0 bridgehead atoms. The van der Waals surface area contributed by atoms with Gasteiger partial charge in [-0.1, -0.05) is 35.9 Å². The van der Waals surface area contributed by atoms with Crippen molar-refractivity contribution in [3.05, 3.63) is 78.4 Å². The number of esters is 1. The summed E-state index contributed by atoms with van der Waals surface area (Å²) < 4.78 is 58.7. The van der Waals surface area contributed by atoms with Crippen molar-refractivity contribution in [2.75, 3.05) is 4.31 Å². The largest absolute Gasteiger partial charge is 0.425 e. The summed E-state index contributed by atoms with van der Waals surface area (Å²) in [6.45, 7) is 3.95. The first-order valence-corrected chi connectivity index (χ1v) is 12.6. The lowest BCUT2D eigenvalue weighted by atomic mass is 10.2. The number of benzene rings is 3. The van der Waals surface area contributed by atoms with Crippen molar-refractivity contribution in [2.24, 2.45) is 0 Å². The number of nitrogens with zero attached hydrogens (tertiary/aromatic N) is 1. The molecule has 3 aromatic rings. The van der Waals surface area contributed by atoms with Crippen LogP contribution in [0.1, 0.15) is 19.4 Å². The molecule has 0 N–H and O–H groups in total. The van der Waals surface area contributed by atoms with E-state index >= 15 is 0 Å². The summed E-state index contributed by atoms with van der Waals surface area (Å²) in [5.74, 6) is -1.90. The average molecular weight is 488 g/mol. The number of aryl methyl sites for hydroxylation is 1. The summed E-state index contributed by atoms with van der Waals surface area (Å²) in [5, 5.41) is 0. The normalized spacial score (nSPS) is 11.6. The van der Waals surface area contributed by atoms with Crippen LogP contribution in [0, 0.1) is 6.92 Å². The SMILES string of the molecule is CC(=O)Oc1ccc(N(C(C)=O)S(=O)(=O)c2ccc(C)cc2)cc1S(=O)(=O)c1ccccc1. The minimum Gasteiger partial charge on any atom is -0.425 e. The van der Waals surface area contributed by atoms with Gasteiger partial charge in [-0.25, -0.2) is 21.1 Å². The summed E-state index contributed by atoms with van der Waals surface area (Å²) in [7, 11) is -8.57. The molecule has 0 fully saturated rings. The number of amides is 1. The molecule has 172 valence electrons. The maximum absolute atomic E-state index is 13.3. The van der Waals surface area contributed by atoms with Crippen LogP contribution in [0.2, 0.25) is 0 Å². The van der Waals surface area contributed by atoms with Crippen molar-refractivity contribution in [1.82, 2.24) is 0 Å². The molecular weight excluding hydrogens is 466 g/mol. The molecule has 0 atom stereocenters. The monoisotopic (exact) mass is 487 g/mol. The van der Waals surface area contributed by atoms with Crippen LogP contribution < -0.4 is 9.04 Å². The zero-order valence-corrected chi connectivity index (χ0v) is 19.7. The van der Waals surface area contributed by atoms with Gasteiger partial charge in [0.25, 0.3) is 10.0 Å². The Labute approximate surface area is 192 Å². The van der Waals surface area contributed by atoms with E-state index in [9.17, 15) is 26.4 Å².